The molecule has 0 amide bonds. The molecule has 0 aromatic carbocycles. The monoisotopic (exact) mass is 168 g/mol. The van der Waals surface area contributed by atoms with Crippen molar-refractivity contribution in [2.24, 2.45) is 0 Å². The lowest BCUT2D eigenvalue weighted by atomic mass is 10.2. The number of aromatic nitrogens is 2. The van der Waals surface area contributed by atoms with Crippen LogP contribution in [0.5, 0.6) is 0 Å². The van der Waals surface area contributed by atoms with Gasteiger partial charge in [-0.3, -0.25) is 0 Å². The molecule has 1 aromatic rings. The van der Waals surface area contributed by atoms with E-state index in [2.05, 4.69) is 9.97 Å². The first-order valence-corrected chi connectivity index (χ1v) is 3.72. The van der Waals surface area contributed by atoms with Crippen molar-refractivity contribution in [3.8, 4) is 0 Å². The molecule has 11 heavy (non-hydrogen) atoms. The Labute approximate surface area is 70.9 Å². The Morgan fingerprint density at radius 2 is 2.27 bits per heavy atom. The highest BCUT2D eigenvalue weighted by Crippen LogP contribution is 2.12. The van der Waals surface area contributed by atoms with Crippen molar-refractivity contribution in [2.75, 3.05) is 0 Å². The van der Waals surface area contributed by atoms with Gasteiger partial charge in [-0.05, 0) is 19.4 Å². The molecule has 0 aliphatic rings. The second-order valence-corrected chi connectivity index (χ2v) is 2.58. The van der Waals surface area contributed by atoms with Crippen LogP contribution in [0, 0.1) is 0 Å². The smallest absolute Gasteiger partial charge is 0.133 e. The summed E-state index contributed by atoms with van der Waals surface area (Å²) in [5, 5.41) is 0.483. The van der Waals surface area contributed by atoms with Gasteiger partial charge in [-0.1, -0.05) is 17.7 Å². The molecule has 2 nitrogen and oxygen atoms in total. The molecule has 0 fully saturated rings. The minimum atomic E-state index is 0.483. The zero-order valence-corrected chi connectivity index (χ0v) is 7.26. The SMILES string of the molecule is C/C=C(\C)c1cc(Cl)ncn1. The maximum atomic E-state index is 5.67. The fourth-order valence-corrected chi connectivity index (χ4v) is 0.844. The topological polar surface area (TPSA) is 25.8 Å². The Balaban J connectivity index is 3.06. The summed E-state index contributed by atoms with van der Waals surface area (Å²) in [6.07, 6.45) is 3.45. The van der Waals surface area contributed by atoms with Gasteiger partial charge < -0.3 is 0 Å². The van der Waals surface area contributed by atoms with Gasteiger partial charge in [-0.25, -0.2) is 9.97 Å². The standard InChI is InChI=1S/C8H9ClN2/c1-3-6(2)7-4-8(9)11-5-10-7/h3-5H,1-2H3/b6-3+. The third-order valence-corrected chi connectivity index (χ3v) is 1.68. The first-order chi connectivity index (χ1) is 5.24. The highest BCUT2D eigenvalue weighted by atomic mass is 35.5. The first kappa shape index (κ1) is 8.21. The lowest BCUT2D eigenvalue weighted by Crippen LogP contribution is -1.86. The van der Waals surface area contributed by atoms with Crippen LogP contribution in [0.15, 0.2) is 18.5 Å². The molecular formula is C8H9ClN2. The minimum absolute atomic E-state index is 0.483. The molecule has 1 heterocycles. The summed E-state index contributed by atoms with van der Waals surface area (Å²) in [5.41, 5.74) is 1.99. The number of hydrogen-bond donors (Lipinski definition) is 0. The van der Waals surface area contributed by atoms with Crippen molar-refractivity contribution < 1.29 is 0 Å². The number of allylic oxidation sites excluding steroid dienone is 2. The Morgan fingerprint density at radius 3 is 2.82 bits per heavy atom. The zero-order valence-electron chi connectivity index (χ0n) is 6.50. The van der Waals surface area contributed by atoms with Crippen molar-refractivity contribution >= 4 is 17.2 Å². The molecule has 1 aromatic heterocycles. The molecule has 3 heteroatoms. The molecule has 0 saturated heterocycles. The predicted octanol–water partition coefficient (Wildman–Crippen LogP) is 2.55. The second kappa shape index (κ2) is 3.49. The van der Waals surface area contributed by atoms with E-state index >= 15 is 0 Å². The van der Waals surface area contributed by atoms with Gasteiger partial charge >= 0.3 is 0 Å². The molecule has 0 saturated carbocycles. The van der Waals surface area contributed by atoms with Crippen molar-refractivity contribution in [1.29, 1.82) is 0 Å². The molecule has 58 valence electrons. The van der Waals surface area contributed by atoms with E-state index in [4.69, 9.17) is 11.6 Å². The molecule has 0 N–H and O–H groups in total. The van der Waals surface area contributed by atoms with Crippen LogP contribution in [0.4, 0.5) is 0 Å². The van der Waals surface area contributed by atoms with E-state index in [1.165, 1.54) is 6.33 Å². The molecule has 0 bridgehead atoms. The van der Waals surface area contributed by atoms with Crippen LogP contribution in [0.2, 0.25) is 5.15 Å². The molecule has 0 unspecified atom stereocenters. The van der Waals surface area contributed by atoms with Gasteiger partial charge in [0, 0.05) is 6.07 Å². The summed E-state index contributed by atoms with van der Waals surface area (Å²) in [5.74, 6) is 0. The quantitative estimate of drug-likeness (QED) is 0.603. The van der Waals surface area contributed by atoms with Crippen molar-refractivity contribution in [2.45, 2.75) is 13.8 Å². The fourth-order valence-electron chi connectivity index (χ4n) is 0.697. The molecule has 0 aliphatic heterocycles. The Morgan fingerprint density at radius 1 is 1.55 bits per heavy atom. The van der Waals surface area contributed by atoms with Crippen LogP contribution in [-0.4, -0.2) is 9.97 Å². The first-order valence-electron chi connectivity index (χ1n) is 3.35. The molecule has 0 aliphatic carbocycles. The average molecular weight is 169 g/mol. The number of halogens is 1. The highest BCUT2D eigenvalue weighted by Gasteiger charge is 1.96. The third-order valence-electron chi connectivity index (χ3n) is 1.47. The van der Waals surface area contributed by atoms with Crippen molar-refractivity contribution in [3.63, 3.8) is 0 Å². The van der Waals surface area contributed by atoms with Crippen LogP contribution >= 0.6 is 11.6 Å². The van der Waals surface area contributed by atoms with E-state index < -0.39 is 0 Å². The van der Waals surface area contributed by atoms with E-state index in [0.29, 0.717) is 5.15 Å². The van der Waals surface area contributed by atoms with Crippen molar-refractivity contribution in [3.05, 3.63) is 29.3 Å². The van der Waals surface area contributed by atoms with Gasteiger partial charge in [0.2, 0.25) is 0 Å². The van der Waals surface area contributed by atoms with E-state index in [0.717, 1.165) is 11.3 Å². The third kappa shape index (κ3) is 2.02. The van der Waals surface area contributed by atoms with Crippen LogP contribution < -0.4 is 0 Å². The summed E-state index contributed by atoms with van der Waals surface area (Å²) < 4.78 is 0. The van der Waals surface area contributed by atoms with Crippen molar-refractivity contribution in [1.82, 2.24) is 9.97 Å². The fraction of sp³-hybridized carbons (Fsp3) is 0.250. The average Bonchev–Trinajstić information content (AvgIpc) is 2.03. The summed E-state index contributed by atoms with van der Waals surface area (Å²) in [4.78, 5) is 7.83. The van der Waals surface area contributed by atoms with Gasteiger partial charge in [-0.2, -0.15) is 0 Å². The van der Waals surface area contributed by atoms with Gasteiger partial charge in [0.15, 0.2) is 0 Å². The van der Waals surface area contributed by atoms with Crippen LogP contribution in [0.3, 0.4) is 0 Å². The van der Waals surface area contributed by atoms with E-state index in [-0.39, 0.29) is 0 Å². The Bertz CT molecular complexity index is 281. The summed E-state index contributed by atoms with van der Waals surface area (Å²) >= 11 is 5.67. The van der Waals surface area contributed by atoms with E-state index in [9.17, 15) is 0 Å². The van der Waals surface area contributed by atoms with E-state index in [1.54, 1.807) is 6.07 Å². The van der Waals surface area contributed by atoms with Gasteiger partial charge in [0.25, 0.3) is 0 Å². The maximum Gasteiger partial charge on any atom is 0.133 e. The van der Waals surface area contributed by atoms with E-state index in [1.807, 2.05) is 19.9 Å². The summed E-state index contributed by atoms with van der Waals surface area (Å²) in [6.45, 7) is 3.95. The van der Waals surface area contributed by atoms with Gasteiger partial charge in [0.05, 0.1) is 5.69 Å². The lowest BCUT2D eigenvalue weighted by molar-refractivity contribution is 1.14. The van der Waals surface area contributed by atoms with Crippen LogP contribution in [-0.2, 0) is 0 Å². The molecular weight excluding hydrogens is 160 g/mol. The maximum absolute atomic E-state index is 5.67. The zero-order chi connectivity index (χ0) is 8.27. The van der Waals surface area contributed by atoms with Crippen LogP contribution in [0.25, 0.3) is 5.57 Å². The molecule has 0 atom stereocenters. The normalized spacial score (nSPS) is 11.7. The predicted molar refractivity (Wildman–Crippen MR) is 46.4 cm³/mol. The highest BCUT2D eigenvalue weighted by molar-refractivity contribution is 6.29. The Kier molecular flexibility index (Phi) is 2.60. The number of rotatable bonds is 1. The number of hydrogen-bond acceptors (Lipinski definition) is 2. The van der Waals surface area contributed by atoms with Gasteiger partial charge in [-0.15, -0.1) is 0 Å². The molecule has 0 spiro atoms. The minimum Gasteiger partial charge on any atom is -0.237 e. The second-order valence-electron chi connectivity index (χ2n) is 2.20. The van der Waals surface area contributed by atoms with Crippen LogP contribution in [0.1, 0.15) is 19.5 Å². The number of nitrogens with zero attached hydrogens (tertiary/aromatic N) is 2. The molecule has 0 radical (unpaired) electrons. The summed E-state index contributed by atoms with van der Waals surface area (Å²) in [7, 11) is 0. The largest absolute Gasteiger partial charge is 0.237 e. The van der Waals surface area contributed by atoms with Gasteiger partial charge in [0.1, 0.15) is 11.5 Å². The summed E-state index contributed by atoms with van der Waals surface area (Å²) in [6, 6.07) is 1.75. The molecule has 1 rings (SSSR count). The lowest BCUT2D eigenvalue weighted by Gasteiger charge is -1.97. The Hall–Kier alpha value is -0.890.